The molecule has 0 heterocycles. The molecule has 2 heteroatoms. The molecule has 0 aliphatic carbocycles. The van der Waals surface area contributed by atoms with Crippen LogP contribution < -0.4 is 10.5 Å². The van der Waals surface area contributed by atoms with Crippen LogP contribution in [-0.2, 0) is 0 Å². The molecule has 1 atom stereocenters. The summed E-state index contributed by atoms with van der Waals surface area (Å²) >= 11 is 0. The highest BCUT2D eigenvalue weighted by Gasteiger charge is 2.08. The van der Waals surface area contributed by atoms with Crippen LogP contribution in [0.1, 0.15) is 23.6 Å². The molecular formula is C12H19NO. The molecule has 1 aromatic carbocycles. The SMILES string of the molecule is Cc1ccc(C)c(OC(C)CN)c1C. The maximum atomic E-state index is 5.78. The van der Waals surface area contributed by atoms with Crippen LogP contribution in [0, 0.1) is 20.8 Å². The molecule has 0 aliphatic rings. The minimum Gasteiger partial charge on any atom is -0.489 e. The van der Waals surface area contributed by atoms with Gasteiger partial charge in [-0.05, 0) is 44.4 Å². The van der Waals surface area contributed by atoms with Crippen molar-refractivity contribution in [2.24, 2.45) is 5.73 Å². The molecule has 0 aromatic heterocycles. The number of nitrogens with two attached hydrogens (primary N) is 1. The molecule has 0 aliphatic heterocycles. The maximum Gasteiger partial charge on any atom is 0.125 e. The molecule has 1 rings (SSSR count). The van der Waals surface area contributed by atoms with Crippen molar-refractivity contribution in [1.82, 2.24) is 0 Å². The predicted octanol–water partition coefficient (Wildman–Crippen LogP) is 2.34. The Kier molecular flexibility index (Phi) is 3.53. The van der Waals surface area contributed by atoms with Crippen molar-refractivity contribution >= 4 is 0 Å². The standard InChI is InChI=1S/C12H19NO/c1-8-5-6-9(2)12(11(8)4)14-10(3)7-13/h5-6,10H,7,13H2,1-4H3. The Hall–Kier alpha value is -1.02. The van der Waals surface area contributed by atoms with Gasteiger partial charge in [-0.1, -0.05) is 12.1 Å². The quantitative estimate of drug-likeness (QED) is 0.799. The zero-order valence-corrected chi connectivity index (χ0v) is 9.42. The predicted molar refractivity (Wildman–Crippen MR) is 59.8 cm³/mol. The van der Waals surface area contributed by atoms with Gasteiger partial charge in [-0.25, -0.2) is 0 Å². The van der Waals surface area contributed by atoms with Crippen molar-refractivity contribution in [3.8, 4) is 5.75 Å². The number of benzene rings is 1. The van der Waals surface area contributed by atoms with Crippen LogP contribution in [0.4, 0.5) is 0 Å². The van der Waals surface area contributed by atoms with Gasteiger partial charge in [0.15, 0.2) is 0 Å². The van der Waals surface area contributed by atoms with E-state index in [4.69, 9.17) is 10.5 Å². The Morgan fingerprint density at radius 2 is 1.79 bits per heavy atom. The van der Waals surface area contributed by atoms with Gasteiger partial charge in [-0.15, -0.1) is 0 Å². The van der Waals surface area contributed by atoms with Crippen molar-refractivity contribution in [2.45, 2.75) is 33.8 Å². The molecule has 0 amide bonds. The lowest BCUT2D eigenvalue weighted by molar-refractivity contribution is 0.226. The van der Waals surface area contributed by atoms with Gasteiger partial charge < -0.3 is 10.5 Å². The average Bonchev–Trinajstić information content (AvgIpc) is 2.18. The van der Waals surface area contributed by atoms with E-state index in [0.717, 1.165) is 5.75 Å². The fourth-order valence-electron chi connectivity index (χ4n) is 1.36. The lowest BCUT2D eigenvalue weighted by Crippen LogP contribution is -2.23. The molecule has 0 fully saturated rings. The van der Waals surface area contributed by atoms with Crippen LogP contribution in [0.3, 0.4) is 0 Å². The smallest absolute Gasteiger partial charge is 0.125 e. The summed E-state index contributed by atoms with van der Waals surface area (Å²) < 4.78 is 5.78. The summed E-state index contributed by atoms with van der Waals surface area (Å²) in [5.74, 6) is 0.989. The summed E-state index contributed by atoms with van der Waals surface area (Å²) in [5.41, 5.74) is 9.18. The van der Waals surface area contributed by atoms with E-state index in [0.29, 0.717) is 6.54 Å². The molecule has 0 spiro atoms. The number of hydrogen-bond donors (Lipinski definition) is 1. The fraction of sp³-hybridized carbons (Fsp3) is 0.500. The summed E-state index contributed by atoms with van der Waals surface area (Å²) in [7, 11) is 0. The van der Waals surface area contributed by atoms with Crippen LogP contribution in [0.5, 0.6) is 5.75 Å². The molecule has 2 N–H and O–H groups in total. The van der Waals surface area contributed by atoms with Crippen molar-refractivity contribution in [1.29, 1.82) is 0 Å². The minimum absolute atomic E-state index is 0.0780. The molecule has 78 valence electrons. The summed E-state index contributed by atoms with van der Waals surface area (Å²) in [5, 5.41) is 0. The Morgan fingerprint density at radius 1 is 1.21 bits per heavy atom. The highest BCUT2D eigenvalue weighted by Crippen LogP contribution is 2.26. The molecule has 14 heavy (non-hydrogen) atoms. The second-order valence-electron chi connectivity index (χ2n) is 3.82. The first-order valence-electron chi connectivity index (χ1n) is 4.99. The molecule has 0 radical (unpaired) electrons. The van der Waals surface area contributed by atoms with Crippen LogP contribution in [0.15, 0.2) is 12.1 Å². The molecule has 0 saturated carbocycles. The second kappa shape index (κ2) is 4.47. The third-order valence-electron chi connectivity index (χ3n) is 2.52. The average molecular weight is 193 g/mol. The second-order valence-corrected chi connectivity index (χ2v) is 3.82. The summed E-state index contributed by atoms with van der Waals surface area (Å²) in [6, 6.07) is 4.20. The number of aryl methyl sites for hydroxylation is 2. The number of rotatable bonds is 3. The summed E-state index contributed by atoms with van der Waals surface area (Å²) in [6.07, 6.45) is 0.0780. The maximum absolute atomic E-state index is 5.78. The minimum atomic E-state index is 0.0780. The zero-order chi connectivity index (χ0) is 10.7. The first kappa shape index (κ1) is 11.1. The van der Waals surface area contributed by atoms with Crippen LogP contribution in [-0.4, -0.2) is 12.6 Å². The van der Waals surface area contributed by atoms with E-state index in [-0.39, 0.29) is 6.10 Å². The molecule has 1 unspecified atom stereocenters. The molecule has 0 bridgehead atoms. The topological polar surface area (TPSA) is 35.2 Å². The van der Waals surface area contributed by atoms with Gasteiger partial charge in [-0.2, -0.15) is 0 Å². The van der Waals surface area contributed by atoms with Crippen LogP contribution >= 0.6 is 0 Å². The van der Waals surface area contributed by atoms with Gasteiger partial charge in [0.25, 0.3) is 0 Å². The highest BCUT2D eigenvalue weighted by molar-refractivity contribution is 5.44. The Labute approximate surface area is 86.1 Å². The van der Waals surface area contributed by atoms with E-state index in [1.54, 1.807) is 0 Å². The Bertz CT molecular complexity index is 320. The third-order valence-corrected chi connectivity index (χ3v) is 2.52. The summed E-state index contributed by atoms with van der Waals surface area (Å²) in [6.45, 7) is 8.77. The van der Waals surface area contributed by atoms with E-state index in [2.05, 4.69) is 32.9 Å². The van der Waals surface area contributed by atoms with Gasteiger partial charge in [0.05, 0.1) is 0 Å². The van der Waals surface area contributed by atoms with E-state index >= 15 is 0 Å². The lowest BCUT2D eigenvalue weighted by Gasteiger charge is -2.18. The fourth-order valence-corrected chi connectivity index (χ4v) is 1.36. The Balaban J connectivity index is 3.00. The monoisotopic (exact) mass is 193 g/mol. The zero-order valence-electron chi connectivity index (χ0n) is 9.42. The molecular weight excluding hydrogens is 174 g/mol. The molecule has 0 saturated heterocycles. The Morgan fingerprint density at radius 3 is 2.36 bits per heavy atom. The molecule has 2 nitrogen and oxygen atoms in total. The van der Waals surface area contributed by atoms with E-state index < -0.39 is 0 Å². The number of hydrogen-bond acceptors (Lipinski definition) is 2. The van der Waals surface area contributed by atoms with E-state index in [1.165, 1.54) is 16.7 Å². The van der Waals surface area contributed by atoms with Crippen molar-refractivity contribution in [2.75, 3.05) is 6.54 Å². The normalized spacial score (nSPS) is 12.6. The van der Waals surface area contributed by atoms with Crippen LogP contribution in [0.2, 0.25) is 0 Å². The van der Waals surface area contributed by atoms with Gasteiger partial charge in [0.1, 0.15) is 11.9 Å². The van der Waals surface area contributed by atoms with Gasteiger partial charge in [0.2, 0.25) is 0 Å². The first-order chi connectivity index (χ1) is 6.56. The van der Waals surface area contributed by atoms with Gasteiger partial charge >= 0.3 is 0 Å². The van der Waals surface area contributed by atoms with Gasteiger partial charge in [0, 0.05) is 6.54 Å². The van der Waals surface area contributed by atoms with Crippen LogP contribution in [0.25, 0.3) is 0 Å². The largest absolute Gasteiger partial charge is 0.489 e. The van der Waals surface area contributed by atoms with E-state index in [9.17, 15) is 0 Å². The first-order valence-corrected chi connectivity index (χ1v) is 4.99. The van der Waals surface area contributed by atoms with Crippen molar-refractivity contribution in [3.05, 3.63) is 28.8 Å². The highest BCUT2D eigenvalue weighted by atomic mass is 16.5. The van der Waals surface area contributed by atoms with Crippen molar-refractivity contribution in [3.63, 3.8) is 0 Å². The lowest BCUT2D eigenvalue weighted by atomic mass is 10.1. The molecule has 1 aromatic rings. The van der Waals surface area contributed by atoms with E-state index in [1.807, 2.05) is 6.92 Å². The van der Waals surface area contributed by atoms with Crippen molar-refractivity contribution < 1.29 is 4.74 Å². The third kappa shape index (κ3) is 2.26. The summed E-state index contributed by atoms with van der Waals surface area (Å²) in [4.78, 5) is 0. The van der Waals surface area contributed by atoms with Gasteiger partial charge in [-0.3, -0.25) is 0 Å². The number of ether oxygens (including phenoxy) is 1.